The Bertz CT molecular complexity index is 2610. The normalized spacial score (nSPS) is 25.6. The molecule has 0 aliphatic carbocycles. The van der Waals surface area contributed by atoms with Crippen molar-refractivity contribution in [1.29, 1.82) is 0 Å². The third-order valence-corrected chi connectivity index (χ3v) is 17.2. The largest absolute Gasteiger partial charge is 0.399 e. The van der Waals surface area contributed by atoms with Crippen molar-refractivity contribution in [3.8, 4) is 0 Å². The van der Waals surface area contributed by atoms with Gasteiger partial charge in [-0.1, -0.05) is 115 Å². The number of amides is 11. The van der Waals surface area contributed by atoms with Crippen molar-refractivity contribution in [3.63, 3.8) is 0 Å². The number of rotatable bonds is 17. The molecule has 2 unspecified atom stereocenters. The molecule has 0 saturated carbocycles. The van der Waals surface area contributed by atoms with E-state index < -0.39 is 144 Å². The SMILES string of the molecule is CC[C@@H]1NC(=O)[C@H](C[C@H](C)CCCc2cccc(N)c2)N(C)C(=O)[C@H](C(C)C)N(C)C(=O)[C@H](CC(C)C)N(C)C(=O)C(CC(C)C)N(C)C(=O)C(C)NC(=O)[C@@H](C)NC(=O)[C@@H](CC(C)C)N(C)C(=O)[C@@H](C(C)C)NC(=O)[C@H](CC(C)C)N(C)C(=O)CN(C)C1=O. The molecule has 1 saturated heterocycles. The minimum absolute atomic E-state index is 0.0978. The molecule has 11 atom stereocenters. The Morgan fingerprint density at radius 1 is 0.467 bits per heavy atom. The summed E-state index contributed by atoms with van der Waals surface area (Å²) in [6.45, 7) is 28.2. The molecule has 510 valence electrons. The predicted molar refractivity (Wildman–Crippen MR) is 351 cm³/mol. The van der Waals surface area contributed by atoms with Crippen LogP contribution in [-0.2, 0) is 59.2 Å². The fourth-order valence-corrected chi connectivity index (χ4v) is 11.7. The lowest BCUT2D eigenvalue weighted by molar-refractivity contribution is -0.156. The number of nitrogens with two attached hydrogens (primary N) is 1. The molecule has 1 aliphatic rings. The Kier molecular flexibility index (Phi) is 32.0. The van der Waals surface area contributed by atoms with Crippen LogP contribution in [0.4, 0.5) is 5.69 Å². The molecular weight excluding hydrogens is 1150 g/mol. The van der Waals surface area contributed by atoms with Gasteiger partial charge in [0.25, 0.3) is 0 Å². The maximum atomic E-state index is 15.3. The van der Waals surface area contributed by atoms with E-state index in [-0.39, 0.29) is 68.1 Å². The van der Waals surface area contributed by atoms with E-state index in [2.05, 4.69) is 21.3 Å². The van der Waals surface area contributed by atoms with E-state index in [1.807, 2.05) is 86.6 Å². The molecule has 90 heavy (non-hydrogen) atoms. The molecule has 23 heteroatoms. The van der Waals surface area contributed by atoms with Crippen molar-refractivity contribution in [1.82, 2.24) is 55.6 Å². The molecule has 0 aromatic heterocycles. The molecule has 23 nitrogen and oxygen atoms in total. The molecule has 1 aliphatic heterocycles. The minimum atomic E-state index is -1.22. The summed E-state index contributed by atoms with van der Waals surface area (Å²) in [5.41, 5.74) is 7.77. The number of carbonyl (C=O) groups is 11. The Morgan fingerprint density at radius 3 is 1.39 bits per heavy atom. The third kappa shape index (κ3) is 22.8. The van der Waals surface area contributed by atoms with Gasteiger partial charge in [0, 0.05) is 55.0 Å². The van der Waals surface area contributed by atoms with E-state index in [1.54, 1.807) is 34.6 Å². The number of benzene rings is 1. The van der Waals surface area contributed by atoms with Crippen LogP contribution in [0.25, 0.3) is 0 Å². The monoisotopic (exact) mass is 1260 g/mol. The highest BCUT2D eigenvalue weighted by molar-refractivity contribution is 5.99. The van der Waals surface area contributed by atoms with E-state index >= 15 is 19.2 Å². The number of nitrogens with zero attached hydrogens (tertiary/aromatic N) is 7. The predicted octanol–water partition coefficient (Wildman–Crippen LogP) is 4.94. The average Bonchev–Trinajstić information content (AvgIpc) is 0.913. The van der Waals surface area contributed by atoms with Gasteiger partial charge in [0.1, 0.15) is 60.4 Å². The fourth-order valence-electron chi connectivity index (χ4n) is 11.7. The van der Waals surface area contributed by atoms with Gasteiger partial charge in [-0.05, 0) is 124 Å². The number of carbonyl (C=O) groups excluding carboxylic acids is 11. The van der Waals surface area contributed by atoms with E-state index in [1.165, 1.54) is 97.5 Å². The summed E-state index contributed by atoms with van der Waals surface area (Å²) >= 11 is 0. The number of anilines is 1. The van der Waals surface area contributed by atoms with Gasteiger partial charge in [-0.2, -0.15) is 0 Å². The van der Waals surface area contributed by atoms with Gasteiger partial charge in [0.05, 0.1) is 6.54 Å². The number of likely N-dealkylation sites (N-methyl/N-ethyl adjacent to an activating group) is 7. The van der Waals surface area contributed by atoms with Crippen LogP contribution < -0.4 is 27.0 Å². The zero-order valence-corrected chi connectivity index (χ0v) is 58.9. The van der Waals surface area contributed by atoms with Crippen molar-refractivity contribution >= 4 is 70.7 Å². The van der Waals surface area contributed by atoms with E-state index in [0.29, 0.717) is 18.5 Å². The van der Waals surface area contributed by atoms with Gasteiger partial charge in [0.15, 0.2) is 0 Å². The Hall–Kier alpha value is -6.81. The standard InChI is InChI=1S/C67H116N12O11/c1-24-49-63(86)73(17)37-55(80)74(18)50(31-38(2)3)61(84)72-56(42(10)11)66(89)75(19)51(32-39(4)5)59(82)69-45(15)58(81)70-46(16)62(85)77(21)53(33-40(6)7)64(87)78(22)54(34-41(8)9)65(88)79(23)57(43(12)13)67(90)76(20)52(60(83)71-49)35-44(14)27-25-28-47-29-26-30-48(68)36-47/h26,29-30,36,38-46,49-54,56-57H,24-25,27-28,31-35,37,68H2,1-23H3,(H,69,82)(H,70,81)(H,71,83)(H,72,84)/t44-,45-,46?,49+,50+,51-,52+,53?,54+,56-,57+/m1/s1. The fraction of sp³-hybridized carbons (Fsp3) is 0.746. The molecule has 2 rings (SSSR count). The molecule has 1 aromatic carbocycles. The summed E-state index contributed by atoms with van der Waals surface area (Å²) in [4.78, 5) is 170. The van der Waals surface area contributed by atoms with Crippen LogP contribution in [-0.4, -0.2) is 216 Å². The van der Waals surface area contributed by atoms with Crippen molar-refractivity contribution < 1.29 is 52.7 Å². The first-order valence-corrected chi connectivity index (χ1v) is 32.6. The first-order valence-electron chi connectivity index (χ1n) is 32.6. The quantitative estimate of drug-likeness (QED) is 0.130. The number of nitrogens with one attached hydrogen (secondary N) is 4. The second-order valence-corrected chi connectivity index (χ2v) is 27.9. The number of hydrogen-bond acceptors (Lipinski definition) is 12. The van der Waals surface area contributed by atoms with Gasteiger partial charge in [-0.15, -0.1) is 0 Å². The van der Waals surface area contributed by atoms with Crippen molar-refractivity contribution in [3.05, 3.63) is 29.8 Å². The van der Waals surface area contributed by atoms with Crippen LogP contribution in [0.3, 0.4) is 0 Å². The third-order valence-electron chi connectivity index (χ3n) is 17.2. The average molecular weight is 1270 g/mol. The second-order valence-electron chi connectivity index (χ2n) is 27.9. The summed E-state index contributed by atoms with van der Waals surface area (Å²) in [5, 5.41) is 11.2. The van der Waals surface area contributed by atoms with Gasteiger partial charge >= 0.3 is 0 Å². The van der Waals surface area contributed by atoms with E-state index in [9.17, 15) is 33.6 Å². The van der Waals surface area contributed by atoms with Crippen LogP contribution in [0.1, 0.15) is 168 Å². The zero-order valence-electron chi connectivity index (χ0n) is 58.9. The first-order chi connectivity index (χ1) is 41.7. The highest BCUT2D eigenvalue weighted by Gasteiger charge is 2.44. The molecule has 0 radical (unpaired) electrons. The molecule has 1 aromatic rings. The molecule has 0 spiro atoms. The maximum absolute atomic E-state index is 15.3. The molecule has 6 N–H and O–H groups in total. The smallest absolute Gasteiger partial charge is 0.246 e. The van der Waals surface area contributed by atoms with Crippen LogP contribution >= 0.6 is 0 Å². The number of nitrogen functional groups attached to an aromatic ring is 1. The molecule has 11 amide bonds. The molecule has 1 heterocycles. The molecule has 1 fully saturated rings. The summed E-state index contributed by atoms with van der Waals surface area (Å²) in [5.74, 6) is -8.42. The van der Waals surface area contributed by atoms with Gasteiger partial charge in [-0.25, -0.2) is 0 Å². The van der Waals surface area contributed by atoms with Crippen molar-refractivity contribution in [2.45, 2.75) is 229 Å². The maximum Gasteiger partial charge on any atom is 0.246 e. The highest BCUT2D eigenvalue weighted by atomic mass is 16.2. The summed E-state index contributed by atoms with van der Waals surface area (Å²) in [6.07, 6.45) is 3.07. The van der Waals surface area contributed by atoms with Gasteiger partial charge < -0.3 is 61.3 Å². The van der Waals surface area contributed by atoms with Gasteiger partial charge in [0.2, 0.25) is 65.0 Å². The highest BCUT2D eigenvalue weighted by Crippen LogP contribution is 2.26. The lowest BCUT2D eigenvalue weighted by Crippen LogP contribution is -2.61. The Labute approximate surface area is 538 Å². The zero-order chi connectivity index (χ0) is 69.1. The summed E-state index contributed by atoms with van der Waals surface area (Å²) in [6, 6.07) is -3.94. The van der Waals surface area contributed by atoms with E-state index in [4.69, 9.17) is 5.73 Å². The van der Waals surface area contributed by atoms with Crippen LogP contribution in [0.5, 0.6) is 0 Å². The van der Waals surface area contributed by atoms with E-state index in [0.717, 1.165) is 12.0 Å². The van der Waals surface area contributed by atoms with Crippen LogP contribution in [0.15, 0.2) is 24.3 Å². The lowest BCUT2D eigenvalue weighted by Gasteiger charge is -2.41. The summed E-state index contributed by atoms with van der Waals surface area (Å²) < 4.78 is 0. The Morgan fingerprint density at radius 2 is 0.900 bits per heavy atom. The Balaban J connectivity index is 2.94. The first kappa shape index (κ1) is 79.3. The number of hydrogen-bond donors (Lipinski definition) is 5. The number of aryl methyl sites for hydroxylation is 1. The topological polar surface area (TPSA) is 285 Å². The van der Waals surface area contributed by atoms with Crippen molar-refractivity contribution in [2.24, 2.45) is 41.4 Å². The summed E-state index contributed by atoms with van der Waals surface area (Å²) in [7, 11) is 10.3. The molecule has 0 bridgehead atoms. The lowest BCUT2D eigenvalue weighted by atomic mass is 9.92. The van der Waals surface area contributed by atoms with Gasteiger partial charge in [-0.3, -0.25) is 52.7 Å². The second kappa shape index (κ2) is 36.3. The van der Waals surface area contributed by atoms with Crippen molar-refractivity contribution in [2.75, 3.05) is 61.6 Å². The van der Waals surface area contributed by atoms with Crippen LogP contribution in [0.2, 0.25) is 0 Å². The molecular formula is C67H116N12O11. The van der Waals surface area contributed by atoms with Crippen LogP contribution in [0, 0.1) is 41.4 Å². The minimum Gasteiger partial charge on any atom is -0.399 e.